The van der Waals surface area contributed by atoms with Gasteiger partial charge in [-0.15, -0.1) is 0 Å². The summed E-state index contributed by atoms with van der Waals surface area (Å²) in [6.45, 7) is 5.19. The highest BCUT2D eigenvalue weighted by Gasteiger charge is 2.35. The van der Waals surface area contributed by atoms with E-state index in [0.717, 1.165) is 25.1 Å². The zero-order valence-corrected chi connectivity index (χ0v) is 18.5. The molecule has 0 aliphatic heterocycles. The molecule has 1 aliphatic carbocycles. The van der Waals surface area contributed by atoms with Crippen molar-refractivity contribution in [2.45, 2.75) is 56.3 Å². The maximum Gasteiger partial charge on any atom is 0.417 e. The number of halogens is 3. The van der Waals surface area contributed by atoms with Crippen LogP contribution in [0, 0.1) is 11.3 Å². The second-order valence-electron chi connectivity index (χ2n) is 8.91. The molecule has 4 rings (SSSR count). The van der Waals surface area contributed by atoms with Gasteiger partial charge in [-0.3, -0.25) is 0 Å². The average molecular weight is 462 g/mol. The average Bonchev–Trinajstić information content (AvgIpc) is 3.46. The van der Waals surface area contributed by atoms with Crippen molar-refractivity contribution in [2.75, 3.05) is 0 Å². The number of sulfonamides is 1. The summed E-state index contributed by atoms with van der Waals surface area (Å²) in [6, 6.07) is 9.00. The van der Waals surface area contributed by atoms with Crippen LogP contribution in [0.1, 0.15) is 50.8 Å². The second kappa shape index (κ2) is 7.32. The van der Waals surface area contributed by atoms with E-state index in [2.05, 4.69) is 9.71 Å². The Balaban J connectivity index is 1.88. The Hall–Kier alpha value is -2.90. The van der Waals surface area contributed by atoms with Crippen LogP contribution in [0.4, 0.5) is 13.2 Å². The first-order chi connectivity index (χ1) is 14.8. The van der Waals surface area contributed by atoms with Gasteiger partial charge in [0.2, 0.25) is 10.0 Å². The summed E-state index contributed by atoms with van der Waals surface area (Å²) < 4.78 is 69.3. The first kappa shape index (κ1) is 22.3. The molecule has 1 saturated carbocycles. The quantitative estimate of drug-likeness (QED) is 0.591. The van der Waals surface area contributed by atoms with Crippen molar-refractivity contribution in [3.8, 4) is 17.3 Å². The zero-order chi connectivity index (χ0) is 23.5. The van der Waals surface area contributed by atoms with Gasteiger partial charge in [0, 0.05) is 23.2 Å². The Morgan fingerprint density at radius 3 is 2.28 bits per heavy atom. The summed E-state index contributed by atoms with van der Waals surface area (Å²) in [5.74, 6) is 0. The predicted octanol–water partition coefficient (Wildman–Crippen LogP) is 5.01. The van der Waals surface area contributed by atoms with Gasteiger partial charge >= 0.3 is 6.18 Å². The smallest absolute Gasteiger partial charge is 0.321 e. The minimum atomic E-state index is -4.58. The number of hydrogen-bond acceptors (Lipinski definition) is 4. The molecule has 1 aliphatic rings. The standard InChI is InChI=1S/C22H21F3N4O2S/c1-21(2,3)28-32(30,31)16-8-4-13(5-9-16)19-18(11-26)17-10-14(22(23,24)25)12-27-20(17)29(19)15-6-7-15/h4-5,8-10,12,15,28H,6-7H2,1-3H3. The van der Waals surface area contributed by atoms with Crippen LogP contribution in [0.25, 0.3) is 22.3 Å². The highest BCUT2D eigenvalue weighted by molar-refractivity contribution is 7.89. The van der Waals surface area contributed by atoms with E-state index >= 15 is 0 Å². The molecule has 0 atom stereocenters. The van der Waals surface area contributed by atoms with Gasteiger partial charge in [-0.1, -0.05) is 12.1 Å². The van der Waals surface area contributed by atoms with Crippen molar-refractivity contribution < 1.29 is 21.6 Å². The van der Waals surface area contributed by atoms with Crippen molar-refractivity contribution in [2.24, 2.45) is 0 Å². The maximum atomic E-state index is 13.2. The Labute approximate surface area is 183 Å². The lowest BCUT2D eigenvalue weighted by molar-refractivity contribution is -0.137. The topological polar surface area (TPSA) is 87.8 Å². The summed E-state index contributed by atoms with van der Waals surface area (Å²) in [7, 11) is -3.75. The number of benzene rings is 1. The van der Waals surface area contributed by atoms with Crippen molar-refractivity contribution in [1.82, 2.24) is 14.3 Å². The van der Waals surface area contributed by atoms with Gasteiger partial charge < -0.3 is 4.57 Å². The fourth-order valence-electron chi connectivity index (χ4n) is 3.68. The number of aromatic nitrogens is 2. The first-order valence-corrected chi connectivity index (χ1v) is 11.5. The van der Waals surface area contributed by atoms with E-state index < -0.39 is 27.3 Å². The highest BCUT2D eigenvalue weighted by Crippen LogP contribution is 2.45. The van der Waals surface area contributed by atoms with Gasteiger partial charge in [0.05, 0.1) is 21.7 Å². The van der Waals surface area contributed by atoms with Crippen LogP contribution in [0.3, 0.4) is 0 Å². The van der Waals surface area contributed by atoms with Crippen LogP contribution in [0.2, 0.25) is 0 Å². The minimum Gasteiger partial charge on any atom is -0.321 e. The van der Waals surface area contributed by atoms with Gasteiger partial charge in [-0.05, 0) is 57.4 Å². The summed E-state index contributed by atoms with van der Waals surface area (Å²) >= 11 is 0. The number of nitrogens with zero attached hydrogens (tertiary/aromatic N) is 3. The molecule has 0 bridgehead atoms. The van der Waals surface area contributed by atoms with E-state index in [4.69, 9.17) is 0 Å². The highest BCUT2D eigenvalue weighted by atomic mass is 32.2. The van der Waals surface area contributed by atoms with Gasteiger partial charge in [-0.25, -0.2) is 18.1 Å². The van der Waals surface area contributed by atoms with Gasteiger partial charge in [0.1, 0.15) is 11.7 Å². The molecular formula is C22H21F3N4O2S. The fourth-order valence-corrected chi connectivity index (χ4v) is 5.10. The lowest BCUT2D eigenvalue weighted by Gasteiger charge is -2.20. The van der Waals surface area contributed by atoms with Crippen molar-refractivity contribution in [3.63, 3.8) is 0 Å². The molecule has 6 nitrogen and oxygen atoms in total. The Bertz CT molecular complexity index is 1340. The van der Waals surface area contributed by atoms with Crippen LogP contribution in [-0.2, 0) is 16.2 Å². The van der Waals surface area contributed by atoms with Gasteiger partial charge in [-0.2, -0.15) is 18.4 Å². The molecule has 2 aromatic heterocycles. The van der Waals surface area contributed by atoms with Crippen LogP contribution in [0.5, 0.6) is 0 Å². The molecule has 0 spiro atoms. The van der Waals surface area contributed by atoms with Gasteiger partial charge in [0.15, 0.2) is 0 Å². The summed E-state index contributed by atoms with van der Waals surface area (Å²) in [6.07, 6.45) is -2.15. The lowest BCUT2D eigenvalue weighted by Crippen LogP contribution is -2.40. The van der Waals surface area contributed by atoms with Crippen molar-refractivity contribution in [1.29, 1.82) is 5.26 Å². The van der Waals surface area contributed by atoms with E-state index in [0.29, 0.717) is 16.9 Å². The number of rotatable bonds is 4. The molecule has 0 unspecified atom stereocenters. The third kappa shape index (κ3) is 4.10. The molecule has 2 heterocycles. The molecule has 1 N–H and O–H groups in total. The molecule has 3 aromatic rings. The molecule has 0 saturated heterocycles. The number of fused-ring (bicyclic) bond motifs is 1. The van der Waals surface area contributed by atoms with E-state index in [1.807, 2.05) is 6.07 Å². The predicted molar refractivity (Wildman–Crippen MR) is 113 cm³/mol. The summed E-state index contributed by atoms with van der Waals surface area (Å²) in [4.78, 5) is 4.10. The van der Waals surface area contributed by atoms with Crippen LogP contribution in [-0.4, -0.2) is 23.5 Å². The molecule has 1 fully saturated rings. The van der Waals surface area contributed by atoms with Crippen LogP contribution < -0.4 is 4.72 Å². The molecule has 32 heavy (non-hydrogen) atoms. The first-order valence-electron chi connectivity index (χ1n) is 9.97. The van der Waals surface area contributed by atoms with E-state index in [-0.39, 0.29) is 21.9 Å². The third-order valence-corrected chi connectivity index (χ3v) is 6.85. The van der Waals surface area contributed by atoms with Crippen LogP contribution >= 0.6 is 0 Å². The number of nitrogens with one attached hydrogen (secondary N) is 1. The number of nitriles is 1. The SMILES string of the molecule is CC(C)(C)NS(=O)(=O)c1ccc(-c2c(C#N)c3cc(C(F)(F)F)cnc3n2C2CC2)cc1. The number of pyridine rings is 1. The monoisotopic (exact) mass is 462 g/mol. The molecule has 0 amide bonds. The van der Waals surface area contributed by atoms with Gasteiger partial charge in [0.25, 0.3) is 0 Å². The summed E-state index contributed by atoms with van der Waals surface area (Å²) in [5.41, 5.74) is -0.187. The molecular weight excluding hydrogens is 441 g/mol. The van der Waals surface area contributed by atoms with Crippen molar-refractivity contribution >= 4 is 21.1 Å². The lowest BCUT2D eigenvalue weighted by atomic mass is 10.1. The normalized spacial score (nSPS) is 15.2. The van der Waals surface area contributed by atoms with E-state index in [1.54, 1.807) is 37.5 Å². The molecule has 168 valence electrons. The zero-order valence-electron chi connectivity index (χ0n) is 17.7. The second-order valence-corrected chi connectivity index (χ2v) is 10.6. The molecule has 10 heteroatoms. The minimum absolute atomic E-state index is 0.0322. The van der Waals surface area contributed by atoms with E-state index in [9.17, 15) is 26.9 Å². The Morgan fingerprint density at radius 1 is 1.16 bits per heavy atom. The van der Waals surface area contributed by atoms with E-state index in [1.165, 1.54) is 12.1 Å². The van der Waals surface area contributed by atoms with Crippen LogP contribution in [0.15, 0.2) is 41.4 Å². The third-order valence-electron chi connectivity index (χ3n) is 5.07. The Morgan fingerprint density at radius 2 is 1.78 bits per heavy atom. The molecule has 1 aromatic carbocycles. The fraction of sp³-hybridized carbons (Fsp3) is 0.364. The molecule has 0 radical (unpaired) electrons. The summed E-state index contributed by atoms with van der Waals surface area (Å²) in [5, 5.41) is 9.95. The Kier molecular flexibility index (Phi) is 5.10. The number of hydrogen-bond donors (Lipinski definition) is 1. The number of alkyl halides is 3. The largest absolute Gasteiger partial charge is 0.417 e. The van der Waals surface area contributed by atoms with Crippen molar-refractivity contribution in [3.05, 3.63) is 47.7 Å². The maximum absolute atomic E-state index is 13.2.